The molecule has 5 rings (SSSR count). The number of anilines is 1. The second-order valence-corrected chi connectivity index (χ2v) is 8.56. The predicted octanol–water partition coefficient (Wildman–Crippen LogP) is 3.28. The summed E-state index contributed by atoms with van der Waals surface area (Å²) in [6, 6.07) is 14.6. The Balaban J connectivity index is 1.26. The molecule has 3 heterocycles. The Morgan fingerprint density at radius 3 is 2.58 bits per heavy atom. The lowest BCUT2D eigenvalue weighted by molar-refractivity contribution is -0.385. The number of amides is 2. The number of nitrogens with zero attached hydrogens (tertiary/aromatic N) is 5. The molecule has 0 spiro atoms. The molecule has 0 aliphatic carbocycles. The molecule has 0 atom stereocenters. The molecule has 4 aromatic rings. The maximum atomic E-state index is 12.7. The van der Waals surface area contributed by atoms with Crippen LogP contribution in [0.1, 0.15) is 26.7 Å². The first-order valence-corrected chi connectivity index (χ1v) is 11.5. The number of nitro benzene ring substituents is 1. The zero-order valence-electron chi connectivity index (χ0n) is 19.6. The fourth-order valence-corrected chi connectivity index (χ4v) is 4.36. The van der Waals surface area contributed by atoms with Gasteiger partial charge in [0, 0.05) is 45.0 Å². The molecule has 0 bridgehead atoms. The Labute approximate surface area is 206 Å². The number of para-hydroxylation sites is 1. The number of piperazine rings is 1. The number of imidazole rings is 1. The number of hydrogen-bond donors (Lipinski definition) is 1. The van der Waals surface area contributed by atoms with Crippen LogP contribution in [0.4, 0.5) is 11.4 Å². The lowest BCUT2D eigenvalue weighted by Crippen LogP contribution is -2.48. The second kappa shape index (κ2) is 9.62. The molecule has 11 heteroatoms. The minimum Gasteiger partial charge on any atom is -0.459 e. The molecule has 2 amide bonds. The van der Waals surface area contributed by atoms with Gasteiger partial charge >= 0.3 is 0 Å². The number of furan rings is 1. The van der Waals surface area contributed by atoms with E-state index in [2.05, 4.69) is 10.2 Å². The van der Waals surface area contributed by atoms with Crippen LogP contribution in [-0.4, -0.2) is 62.3 Å². The molecule has 184 valence electrons. The fraction of sp³-hybridized carbons (Fsp3) is 0.240. The Morgan fingerprint density at radius 1 is 1.08 bits per heavy atom. The summed E-state index contributed by atoms with van der Waals surface area (Å²) in [4.78, 5) is 44.6. The van der Waals surface area contributed by atoms with Gasteiger partial charge < -0.3 is 19.2 Å². The zero-order chi connectivity index (χ0) is 25.2. The molecule has 1 fully saturated rings. The standard InChI is InChI=1S/C25H24N6O5/c1-28-21-9-8-17(26-24(32)18-5-2-3-6-20(18)31(34)35)15-19(21)27-23(28)16-29-10-12-30(13-11-29)25(33)22-7-4-14-36-22/h2-9,14-15H,10-13,16H2,1H3,(H,26,32). The smallest absolute Gasteiger partial charge is 0.289 e. The molecule has 1 aliphatic rings. The first kappa shape index (κ1) is 23.2. The average molecular weight is 489 g/mol. The molecule has 0 saturated carbocycles. The normalized spacial score (nSPS) is 14.2. The number of carbonyl (C=O) groups excluding carboxylic acids is 2. The highest BCUT2D eigenvalue weighted by atomic mass is 16.6. The van der Waals surface area contributed by atoms with Crippen LogP contribution in [0.5, 0.6) is 0 Å². The van der Waals surface area contributed by atoms with E-state index in [0.717, 1.165) is 11.3 Å². The van der Waals surface area contributed by atoms with Crippen molar-refractivity contribution in [2.75, 3.05) is 31.5 Å². The van der Waals surface area contributed by atoms with Gasteiger partial charge in [0.2, 0.25) is 0 Å². The first-order chi connectivity index (χ1) is 17.4. The number of nitrogens with one attached hydrogen (secondary N) is 1. The van der Waals surface area contributed by atoms with Crippen molar-refractivity contribution >= 4 is 34.2 Å². The summed E-state index contributed by atoms with van der Waals surface area (Å²) in [5.41, 5.74) is 1.86. The van der Waals surface area contributed by atoms with Gasteiger partial charge in [-0.2, -0.15) is 0 Å². The third-order valence-corrected chi connectivity index (χ3v) is 6.33. The van der Waals surface area contributed by atoms with E-state index in [9.17, 15) is 19.7 Å². The third-order valence-electron chi connectivity index (χ3n) is 6.33. The minimum absolute atomic E-state index is 0.00558. The van der Waals surface area contributed by atoms with Gasteiger partial charge in [0.15, 0.2) is 5.76 Å². The highest BCUT2D eigenvalue weighted by Gasteiger charge is 2.25. The SMILES string of the molecule is Cn1c(CN2CCN(C(=O)c3ccco3)CC2)nc2cc(NC(=O)c3ccccc3[N+](=O)[O-])ccc21. The number of fused-ring (bicyclic) bond motifs is 1. The maximum Gasteiger partial charge on any atom is 0.289 e. The van der Waals surface area contributed by atoms with E-state index >= 15 is 0 Å². The summed E-state index contributed by atoms with van der Waals surface area (Å²) >= 11 is 0. The van der Waals surface area contributed by atoms with E-state index in [0.29, 0.717) is 49.7 Å². The Bertz CT molecular complexity index is 1440. The third kappa shape index (κ3) is 4.56. The highest BCUT2D eigenvalue weighted by Crippen LogP contribution is 2.23. The fourth-order valence-electron chi connectivity index (χ4n) is 4.36. The van der Waals surface area contributed by atoms with Crippen LogP contribution in [-0.2, 0) is 13.6 Å². The summed E-state index contributed by atoms with van der Waals surface area (Å²) in [6.07, 6.45) is 1.50. The minimum atomic E-state index is -0.574. The van der Waals surface area contributed by atoms with E-state index in [1.165, 1.54) is 24.5 Å². The Hall–Kier alpha value is -4.51. The van der Waals surface area contributed by atoms with Crippen molar-refractivity contribution in [3.8, 4) is 0 Å². The van der Waals surface area contributed by atoms with Gasteiger partial charge in [0.1, 0.15) is 11.4 Å². The monoisotopic (exact) mass is 488 g/mol. The van der Waals surface area contributed by atoms with Gasteiger partial charge in [-0.15, -0.1) is 0 Å². The molecule has 2 aromatic heterocycles. The van der Waals surface area contributed by atoms with Crippen molar-refractivity contribution in [3.05, 3.63) is 88.1 Å². The van der Waals surface area contributed by atoms with Gasteiger partial charge in [-0.3, -0.25) is 24.6 Å². The van der Waals surface area contributed by atoms with Crippen molar-refractivity contribution in [3.63, 3.8) is 0 Å². The van der Waals surface area contributed by atoms with Crippen LogP contribution in [0.15, 0.2) is 65.3 Å². The molecule has 36 heavy (non-hydrogen) atoms. The molecule has 2 aromatic carbocycles. The van der Waals surface area contributed by atoms with Crippen LogP contribution < -0.4 is 5.32 Å². The summed E-state index contributed by atoms with van der Waals surface area (Å²) < 4.78 is 7.22. The summed E-state index contributed by atoms with van der Waals surface area (Å²) in [7, 11) is 1.94. The van der Waals surface area contributed by atoms with Crippen LogP contribution >= 0.6 is 0 Å². The van der Waals surface area contributed by atoms with E-state index in [4.69, 9.17) is 9.40 Å². The zero-order valence-corrected chi connectivity index (χ0v) is 19.6. The van der Waals surface area contributed by atoms with E-state index in [1.54, 1.807) is 35.2 Å². The molecule has 0 radical (unpaired) electrons. The van der Waals surface area contributed by atoms with Gasteiger partial charge in [-0.05, 0) is 36.4 Å². The molecular formula is C25H24N6O5. The summed E-state index contributed by atoms with van der Waals surface area (Å²) in [5.74, 6) is 0.555. The van der Waals surface area contributed by atoms with Crippen LogP contribution in [0.2, 0.25) is 0 Å². The summed E-state index contributed by atoms with van der Waals surface area (Å²) in [6.45, 7) is 3.25. The van der Waals surface area contributed by atoms with Crippen LogP contribution in [0, 0.1) is 10.1 Å². The molecule has 11 nitrogen and oxygen atoms in total. The number of aromatic nitrogens is 2. The summed E-state index contributed by atoms with van der Waals surface area (Å²) in [5, 5.41) is 14.0. The number of rotatable bonds is 6. The molecule has 1 N–H and O–H groups in total. The Morgan fingerprint density at radius 2 is 1.86 bits per heavy atom. The maximum absolute atomic E-state index is 12.7. The number of benzene rings is 2. The van der Waals surface area contributed by atoms with Gasteiger partial charge in [-0.1, -0.05) is 12.1 Å². The van der Waals surface area contributed by atoms with E-state index < -0.39 is 10.8 Å². The number of nitro groups is 1. The second-order valence-electron chi connectivity index (χ2n) is 8.56. The molecular weight excluding hydrogens is 464 g/mol. The van der Waals surface area contributed by atoms with Crippen LogP contribution in [0.3, 0.4) is 0 Å². The van der Waals surface area contributed by atoms with E-state index in [-0.39, 0.29) is 17.2 Å². The largest absolute Gasteiger partial charge is 0.459 e. The van der Waals surface area contributed by atoms with Gasteiger partial charge in [0.05, 0.1) is 28.8 Å². The van der Waals surface area contributed by atoms with Crippen molar-refractivity contribution in [1.82, 2.24) is 19.4 Å². The van der Waals surface area contributed by atoms with Gasteiger partial charge in [0.25, 0.3) is 17.5 Å². The molecule has 1 aliphatic heterocycles. The van der Waals surface area contributed by atoms with E-state index in [1.807, 2.05) is 17.7 Å². The van der Waals surface area contributed by atoms with Crippen molar-refractivity contribution in [2.45, 2.75) is 6.54 Å². The van der Waals surface area contributed by atoms with Crippen molar-refractivity contribution in [1.29, 1.82) is 0 Å². The number of hydrogen-bond acceptors (Lipinski definition) is 7. The Kier molecular flexibility index (Phi) is 6.21. The topological polar surface area (TPSA) is 127 Å². The quantitative estimate of drug-likeness (QED) is 0.326. The van der Waals surface area contributed by atoms with Crippen molar-refractivity contribution < 1.29 is 18.9 Å². The lowest BCUT2D eigenvalue weighted by Gasteiger charge is -2.34. The first-order valence-electron chi connectivity index (χ1n) is 11.5. The number of aryl methyl sites for hydroxylation is 1. The average Bonchev–Trinajstić information content (AvgIpc) is 3.53. The highest BCUT2D eigenvalue weighted by molar-refractivity contribution is 6.07. The van der Waals surface area contributed by atoms with Crippen molar-refractivity contribution in [2.24, 2.45) is 7.05 Å². The van der Waals surface area contributed by atoms with Gasteiger partial charge in [-0.25, -0.2) is 4.98 Å². The molecule has 0 unspecified atom stereocenters. The predicted molar refractivity (Wildman–Crippen MR) is 132 cm³/mol. The van der Waals surface area contributed by atoms with Crippen LogP contribution in [0.25, 0.3) is 11.0 Å². The molecule has 1 saturated heterocycles. The lowest BCUT2D eigenvalue weighted by atomic mass is 10.1. The number of carbonyl (C=O) groups is 2.